The summed E-state index contributed by atoms with van der Waals surface area (Å²) in [5, 5.41) is 3.54. The van der Waals surface area contributed by atoms with Crippen molar-refractivity contribution in [2.24, 2.45) is 0 Å². The van der Waals surface area contributed by atoms with E-state index in [0.29, 0.717) is 22.2 Å². The molecule has 0 aliphatic rings. The fourth-order valence-corrected chi connectivity index (χ4v) is 3.23. The Kier molecular flexibility index (Phi) is 4.81. The molecule has 0 saturated carbocycles. The molecule has 1 atom stereocenters. The quantitative estimate of drug-likeness (QED) is 0.788. The molecule has 0 aliphatic heterocycles. The molecule has 2 rings (SSSR count). The van der Waals surface area contributed by atoms with Crippen molar-refractivity contribution in [3.63, 3.8) is 0 Å². The minimum atomic E-state index is -3.06. The van der Waals surface area contributed by atoms with Gasteiger partial charge in [-0.05, 0) is 48.9 Å². The van der Waals surface area contributed by atoms with Gasteiger partial charge >= 0.3 is 7.52 Å². The van der Waals surface area contributed by atoms with Crippen molar-refractivity contribution in [3.8, 4) is 11.5 Å². The second-order valence-corrected chi connectivity index (χ2v) is 7.14. The van der Waals surface area contributed by atoms with Gasteiger partial charge in [0, 0.05) is 17.4 Å². The Morgan fingerprint density at radius 1 is 1.10 bits per heavy atom. The summed E-state index contributed by atoms with van der Waals surface area (Å²) in [5.74, 6) is 1.22. The van der Waals surface area contributed by atoms with E-state index in [1.165, 1.54) is 6.66 Å². The molecule has 0 heterocycles. The lowest BCUT2D eigenvalue weighted by molar-refractivity contribution is 0.413. The Morgan fingerprint density at radius 2 is 1.71 bits per heavy atom. The average Bonchev–Trinajstić information content (AvgIpc) is 2.44. The maximum Gasteiger partial charge on any atom is 0.338 e. The number of ether oxygens (including phenoxy) is 1. The fraction of sp³-hybridized carbons (Fsp3) is 0.200. The molecule has 1 N–H and O–H groups in total. The van der Waals surface area contributed by atoms with E-state index in [0.717, 1.165) is 5.56 Å². The maximum atomic E-state index is 12.6. The number of rotatable bonds is 5. The number of nitrogens with one attached hydrogen (secondary N) is 1. The molecule has 21 heavy (non-hydrogen) atoms. The molecule has 2 aromatic rings. The minimum absolute atomic E-state index is 0.508. The van der Waals surface area contributed by atoms with Gasteiger partial charge in [0.1, 0.15) is 11.5 Å². The number of halogens is 1. The van der Waals surface area contributed by atoms with Gasteiger partial charge in [0.05, 0.1) is 7.11 Å². The summed E-state index contributed by atoms with van der Waals surface area (Å²) in [7, 11) is -1.47. The highest BCUT2D eigenvalue weighted by atomic mass is 35.5. The molecule has 2 aromatic carbocycles. The van der Waals surface area contributed by atoms with E-state index in [1.807, 2.05) is 13.0 Å². The van der Waals surface area contributed by atoms with Gasteiger partial charge in [-0.15, -0.1) is 0 Å². The van der Waals surface area contributed by atoms with E-state index in [2.05, 4.69) is 5.09 Å². The van der Waals surface area contributed by atoms with Gasteiger partial charge in [-0.2, -0.15) is 0 Å². The van der Waals surface area contributed by atoms with Gasteiger partial charge in [0.25, 0.3) is 0 Å². The van der Waals surface area contributed by atoms with Crippen molar-refractivity contribution in [1.29, 1.82) is 0 Å². The number of benzene rings is 2. The fourth-order valence-electron chi connectivity index (χ4n) is 1.81. The third-order valence-corrected chi connectivity index (χ3v) is 4.55. The molecule has 0 aromatic heterocycles. The topological polar surface area (TPSA) is 47.6 Å². The molecular weight excluding hydrogens is 309 g/mol. The number of hydrogen-bond acceptors (Lipinski definition) is 3. The van der Waals surface area contributed by atoms with Gasteiger partial charge in [-0.25, -0.2) is 0 Å². The van der Waals surface area contributed by atoms with Crippen LogP contribution in [0.15, 0.2) is 42.5 Å². The van der Waals surface area contributed by atoms with Gasteiger partial charge in [-0.1, -0.05) is 17.7 Å². The van der Waals surface area contributed by atoms with E-state index in [4.69, 9.17) is 20.9 Å². The molecular formula is C15H17ClNO3P. The molecule has 112 valence electrons. The van der Waals surface area contributed by atoms with Crippen LogP contribution >= 0.6 is 19.1 Å². The van der Waals surface area contributed by atoms with E-state index >= 15 is 0 Å². The highest BCUT2D eigenvalue weighted by molar-refractivity contribution is 7.60. The van der Waals surface area contributed by atoms with Crippen LogP contribution in [0.25, 0.3) is 0 Å². The van der Waals surface area contributed by atoms with E-state index in [9.17, 15) is 4.57 Å². The first-order valence-corrected chi connectivity index (χ1v) is 8.81. The van der Waals surface area contributed by atoms with Crippen LogP contribution in [-0.2, 0) is 4.57 Å². The van der Waals surface area contributed by atoms with Crippen LogP contribution in [0.1, 0.15) is 5.56 Å². The Bertz CT molecular complexity index is 673. The zero-order valence-corrected chi connectivity index (χ0v) is 13.7. The third kappa shape index (κ3) is 4.16. The first-order chi connectivity index (χ1) is 9.91. The van der Waals surface area contributed by atoms with Crippen molar-refractivity contribution in [2.75, 3.05) is 18.9 Å². The van der Waals surface area contributed by atoms with Crippen LogP contribution in [0.4, 0.5) is 5.69 Å². The van der Waals surface area contributed by atoms with Crippen LogP contribution < -0.4 is 14.3 Å². The molecule has 1 unspecified atom stereocenters. The zero-order chi connectivity index (χ0) is 15.5. The summed E-state index contributed by atoms with van der Waals surface area (Å²) >= 11 is 6.05. The Balaban J connectivity index is 2.14. The lowest BCUT2D eigenvalue weighted by atomic mass is 10.2. The molecule has 0 aliphatic carbocycles. The normalized spacial score (nSPS) is 13.3. The predicted octanol–water partition coefficient (Wildman–Crippen LogP) is 4.97. The molecule has 4 nitrogen and oxygen atoms in total. The van der Waals surface area contributed by atoms with Crippen molar-refractivity contribution in [1.82, 2.24) is 0 Å². The predicted molar refractivity (Wildman–Crippen MR) is 87.0 cm³/mol. The molecule has 6 heteroatoms. The van der Waals surface area contributed by atoms with Crippen molar-refractivity contribution >= 4 is 24.8 Å². The Morgan fingerprint density at radius 3 is 2.33 bits per heavy atom. The Hall–Kier alpha value is -1.64. The van der Waals surface area contributed by atoms with Crippen LogP contribution in [0, 0.1) is 6.92 Å². The SMILES string of the molecule is COc1ccc(OP(C)(=O)Nc2cccc(Cl)c2C)cc1. The van der Waals surface area contributed by atoms with Crippen molar-refractivity contribution in [2.45, 2.75) is 6.92 Å². The lowest BCUT2D eigenvalue weighted by Gasteiger charge is -2.19. The Labute approximate surface area is 129 Å². The van der Waals surface area contributed by atoms with Gasteiger partial charge in [0.2, 0.25) is 0 Å². The monoisotopic (exact) mass is 325 g/mol. The molecule has 0 fully saturated rings. The first-order valence-electron chi connectivity index (χ1n) is 6.36. The largest absolute Gasteiger partial charge is 0.497 e. The van der Waals surface area contributed by atoms with Crippen LogP contribution in [-0.4, -0.2) is 13.8 Å². The van der Waals surface area contributed by atoms with Crippen LogP contribution in [0.5, 0.6) is 11.5 Å². The highest BCUT2D eigenvalue weighted by Crippen LogP contribution is 2.44. The summed E-state index contributed by atoms with van der Waals surface area (Å²) in [4.78, 5) is 0. The second kappa shape index (κ2) is 6.42. The van der Waals surface area contributed by atoms with Gasteiger partial charge < -0.3 is 14.3 Å². The lowest BCUT2D eigenvalue weighted by Crippen LogP contribution is -2.03. The van der Waals surface area contributed by atoms with Crippen LogP contribution in [0.3, 0.4) is 0 Å². The second-order valence-electron chi connectivity index (χ2n) is 4.64. The third-order valence-electron chi connectivity index (χ3n) is 2.93. The van der Waals surface area contributed by atoms with Crippen LogP contribution in [0.2, 0.25) is 5.02 Å². The van der Waals surface area contributed by atoms with Gasteiger partial charge in [0.15, 0.2) is 0 Å². The van der Waals surface area contributed by atoms with Crippen molar-refractivity contribution < 1.29 is 13.8 Å². The standard InChI is InChI=1S/C15H17ClNO3P/c1-11-14(16)5-4-6-15(11)17-21(3,18)20-13-9-7-12(19-2)8-10-13/h4-10H,1-3H3,(H,17,18). The number of anilines is 1. The zero-order valence-electron chi connectivity index (χ0n) is 12.1. The minimum Gasteiger partial charge on any atom is -0.497 e. The summed E-state index contributed by atoms with van der Waals surface area (Å²) in [6, 6.07) is 12.3. The summed E-state index contributed by atoms with van der Waals surface area (Å²) in [6.07, 6.45) is 0. The number of methoxy groups -OCH3 is 1. The smallest absolute Gasteiger partial charge is 0.338 e. The van der Waals surface area contributed by atoms with Gasteiger partial charge in [-0.3, -0.25) is 4.57 Å². The highest BCUT2D eigenvalue weighted by Gasteiger charge is 2.19. The molecule has 0 amide bonds. The summed E-state index contributed by atoms with van der Waals surface area (Å²) < 4.78 is 23.2. The average molecular weight is 326 g/mol. The summed E-state index contributed by atoms with van der Waals surface area (Å²) in [6.45, 7) is 3.38. The van der Waals surface area contributed by atoms with E-state index < -0.39 is 7.52 Å². The van der Waals surface area contributed by atoms with E-state index in [1.54, 1.807) is 43.5 Å². The molecule has 0 bridgehead atoms. The molecule has 0 saturated heterocycles. The van der Waals surface area contributed by atoms with E-state index in [-0.39, 0.29) is 0 Å². The maximum absolute atomic E-state index is 12.6. The number of hydrogen-bond donors (Lipinski definition) is 1. The molecule has 0 spiro atoms. The first kappa shape index (κ1) is 15.7. The summed E-state index contributed by atoms with van der Waals surface area (Å²) in [5.41, 5.74) is 1.53. The molecule has 0 radical (unpaired) electrons. The van der Waals surface area contributed by atoms with Crippen molar-refractivity contribution in [3.05, 3.63) is 53.1 Å².